The Labute approximate surface area is 145 Å². The number of piperazine rings is 1. The van der Waals surface area contributed by atoms with E-state index in [0.717, 1.165) is 24.3 Å². The van der Waals surface area contributed by atoms with Crippen LogP contribution in [-0.2, 0) is 6.54 Å². The van der Waals surface area contributed by atoms with Gasteiger partial charge in [-0.25, -0.2) is 9.37 Å². The molecule has 126 valence electrons. The largest absolute Gasteiger partial charge is 0.335 e. The van der Waals surface area contributed by atoms with Crippen LogP contribution < -0.4 is 0 Å². The molecule has 1 aliphatic heterocycles. The van der Waals surface area contributed by atoms with Crippen molar-refractivity contribution in [3.63, 3.8) is 0 Å². The zero-order valence-corrected chi connectivity index (χ0v) is 14.3. The summed E-state index contributed by atoms with van der Waals surface area (Å²) in [5.41, 5.74) is 2.23. The number of hydrogen-bond acceptors (Lipinski definition) is 3. The molecule has 0 bridgehead atoms. The highest BCUT2D eigenvalue weighted by atomic mass is 35.5. The van der Waals surface area contributed by atoms with E-state index in [-0.39, 0.29) is 11.7 Å². The number of carbonyl (C=O) groups is 1. The first kappa shape index (κ1) is 16.9. The van der Waals surface area contributed by atoms with Gasteiger partial charge in [0.05, 0.1) is 0 Å². The van der Waals surface area contributed by atoms with Crippen LogP contribution in [0.4, 0.5) is 4.39 Å². The second-order valence-corrected chi connectivity index (χ2v) is 6.38. The first-order chi connectivity index (χ1) is 11.5. The van der Waals surface area contributed by atoms with Gasteiger partial charge >= 0.3 is 0 Å². The summed E-state index contributed by atoms with van der Waals surface area (Å²) in [6.07, 6.45) is 0. The van der Waals surface area contributed by atoms with Gasteiger partial charge in [-0.2, -0.15) is 0 Å². The van der Waals surface area contributed by atoms with Crippen LogP contribution >= 0.6 is 11.6 Å². The van der Waals surface area contributed by atoms with Crippen molar-refractivity contribution in [1.29, 1.82) is 0 Å². The average Bonchev–Trinajstić information content (AvgIpc) is 2.57. The van der Waals surface area contributed by atoms with Gasteiger partial charge in [0.15, 0.2) is 0 Å². The molecule has 0 N–H and O–H groups in total. The highest BCUT2D eigenvalue weighted by Crippen LogP contribution is 2.20. The molecular weight excluding hydrogens is 329 g/mol. The highest BCUT2D eigenvalue weighted by molar-refractivity contribution is 6.31. The standard InChI is InChI=1S/C18H19ClFN3O/c1-13-3-2-4-17(21-13)18(24)23-9-7-22(8-10-23)12-14-5-6-15(20)11-16(14)19/h2-6,11H,7-10,12H2,1H3. The lowest BCUT2D eigenvalue weighted by Gasteiger charge is -2.34. The van der Waals surface area contributed by atoms with Crippen LogP contribution in [0.25, 0.3) is 0 Å². The molecule has 0 saturated carbocycles. The number of nitrogens with zero attached hydrogens (tertiary/aromatic N) is 3. The molecular formula is C18H19ClFN3O. The highest BCUT2D eigenvalue weighted by Gasteiger charge is 2.23. The summed E-state index contributed by atoms with van der Waals surface area (Å²) in [4.78, 5) is 20.8. The summed E-state index contributed by atoms with van der Waals surface area (Å²) in [6.45, 7) is 5.34. The third-order valence-electron chi connectivity index (χ3n) is 4.18. The van der Waals surface area contributed by atoms with Crippen molar-refractivity contribution >= 4 is 17.5 Å². The molecule has 1 amide bonds. The fourth-order valence-electron chi connectivity index (χ4n) is 2.82. The Balaban J connectivity index is 1.58. The summed E-state index contributed by atoms with van der Waals surface area (Å²) < 4.78 is 13.1. The second kappa shape index (κ2) is 7.28. The Morgan fingerprint density at radius 2 is 1.96 bits per heavy atom. The number of aryl methyl sites for hydroxylation is 1. The molecule has 1 aromatic heterocycles. The average molecular weight is 348 g/mol. The maximum atomic E-state index is 13.1. The van der Waals surface area contributed by atoms with E-state index in [1.165, 1.54) is 12.1 Å². The van der Waals surface area contributed by atoms with Crippen LogP contribution in [0.1, 0.15) is 21.7 Å². The quantitative estimate of drug-likeness (QED) is 0.855. The van der Waals surface area contributed by atoms with Crippen molar-refractivity contribution in [3.8, 4) is 0 Å². The zero-order chi connectivity index (χ0) is 17.1. The normalized spacial score (nSPS) is 15.5. The summed E-state index contributed by atoms with van der Waals surface area (Å²) in [5, 5.41) is 0.442. The molecule has 0 unspecified atom stereocenters. The lowest BCUT2D eigenvalue weighted by molar-refractivity contribution is 0.0622. The predicted octanol–water partition coefficient (Wildman–Crippen LogP) is 3.14. The monoisotopic (exact) mass is 347 g/mol. The Kier molecular flexibility index (Phi) is 5.11. The summed E-state index contributed by atoms with van der Waals surface area (Å²) in [6, 6.07) is 9.94. The molecule has 1 aliphatic rings. The van der Waals surface area contributed by atoms with Crippen molar-refractivity contribution < 1.29 is 9.18 Å². The van der Waals surface area contributed by atoms with Gasteiger partial charge in [-0.3, -0.25) is 9.69 Å². The molecule has 24 heavy (non-hydrogen) atoms. The number of amides is 1. The molecule has 0 radical (unpaired) electrons. The van der Waals surface area contributed by atoms with Gasteiger partial charge in [-0.05, 0) is 36.8 Å². The molecule has 1 saturated heterocycles. The molecule has 1 aromatic carbocycles. The Hall–Kier alpha value is -1.98. The molecule has 0 atom stereocenters. The Morgan fingerprint density at radius 3 is 2.62 bits per heavy atom. The Morgan fingerprint density at radius 1 is 1.21 bits per heavy atom. The number of rotatable bonds is 3. The number of halogens is 2. The van der Waals surface area contributed by atoms with Gasteiger partial charge in [-0.1, -0.05) is 23.7 Å². The van der Waals surface area contributed by atoms with Crippen molar-refractivity contribution in [2.45, 2.75) is 13.5 Å². The fourth-order valence-corrected chi connectivity index (χ4v) is 3.05. The molecule has 4 nitrogen and oxygen atoms in total. The fraction of sp³-hybridized carbons (Fsp3) is 0.333. The summed E-state index contributed by atoms with van der Waals surface area (Å²) in [5.74, 6) is -0.358. The first-order valence-electron chi connectivity index (χ1n) is 7.92. The molecule has 1 fully saturated rings. The minimum atomic E-state index is -0.329. The zero-order valence-electron chi connectivity index (χ0n) is 13.5. The minimum Gasteiger partial charge on any atom is -0.335 e. The predicted molar refractivity (Wildman–Crippen MR) is 91.6 cm³/mol. The number of carbonyl (C=O) groups excluding carboxylic acids is 1. The molecule has 2 aromatic rings. The number of hydrogen-bond donors (Lipinski definition) is 0. The molecule has 3 rings (SSSR count). The van der Waals surface area contributed by atoms with Crippen LogP contribution in [0.2, 0.25) is 5.02 Å². The van der Waals surface area contributed by atoms with Crippen LogP contribution in [0.5, 0.6) is 0 Å². The topological polar surface area (TPSA) is 36.4 Å². The SMILES string of the molecule is Cc1cccc(C(=O)N2CCN(Cc3ccc(F)cc3Cl)CC2)n1. The number of aromatic nitrogens is 1. The van der Waals surface area contributed by atoms with Gasteiger partial charge in [-0.15, -0.1) is 0 Å². The van der Waals surface area contributed by atoms with E-state index in [9.17, 15) is 9.18 Å². The van der Waals surface area contributed by atoms with Gasteiger partial charge < -0.3 is 4.90 Å². The molecule has 0 aliphatic carbocycles. The molecule has 2 heterocycles. The van der Waals surface area contributed by atoms with E-state index < -0.39 is 0 Å². The lowest BCUT2D eigenvalue weighted by Crippen LogP contribution is -2.48. The maximum absolute atomic E-state index is 13.1. The van der Waals surface area contributed by atoms with Crippen LogP contribution in [0, 0.1) is 12.7 Å². The third kappa shape index (κ3) is 3.91. The van der Waals surface area contributed by atoms with Crippen molar-refractivity contribution in [2.24, 2.45) is 0 Å². The minimum absolute atomic E-state index is 0.0295. The van der Waals surface area contributed by atoms with Crippen molar-refractivity contribution in [3.05, 3.63) is 64.2 Å². The van der Waals surface area contributed by atoms with E-state index >= 15 is 0 Å². The van der Waals surface area contributed by atoms with Gasteiger partial charge in [0.2, 0.25) is 0 Å². The first-order valence-corrected chi connectivity index (χ1v) is 8.30. The number of benzene rings is 1. The van der Waals surface area contributed by atoms with Gasteiger partial charge in [0, 0.05) is 43.4 Å². The van der Waals surface area contributed by atoms with E-state index in [1.54, 1.807) is 12.1 Å². The van der Waals surface area contributed by atoms with Crippen LogP contribution in [0.15, 0.2) is 36.4 Å². The van der Waals surface area contributed by atoms with Crippen LogP contribution in [-0.4, -0.2) is 46.9 Å². The van der Waals surface area contributed by atoms with Gasteiger partial charge in [0.25, 0.3) is 5.91 Å². The van der Waals surface area contributed by atoms with Gasteiger partial charge in [0.1, 0.15) is 11.5 Å². The van der Waals surface area contributed by atoms with E-state index in [0.29, 0.717) is 30.4 Å². The summed E-state index contributed by atoms with van der Waals surface area (Å²) in [7, 11) is 0. The van der Waals surface area contributed by atoms with E-state index in [4.69, 9.17) is 11.6 Å². The third-order valence-corrected chi connectivity index (χ3v) is 4.53. The second-order valence-electron chi connectivity index (χ2n) is 5.97. The molecule has 6 heteroatoms. The van der Waals surface area contributed by atoms with Crippen LogP contribution in [0.3, 0.4) is 0 Å². The van der Waals surface area contributed by atoms with E-state index in [1.807, 2.05) is 24.0 Å². The smallest absolute Gasteiger partial charge is 0.272 e. The number of pyridine rings is 1. The lowest BCUT2D eigenvalue weighted by atomic mass is 10.2. The Bertz CT molecular complexity index is 745. The van der Waals surface area contributed by atoms with E-state index in [2.05, 4.69) is 9.88 Å². The maximum Gasteiger partial charge on any atom is 0.272 e. The van der Waals surface area contributed by atoms with Crippen molar-refractivity contribution in [2.75, 3.05) is 26.2 Å². The van der Waals surface area contributed by atoms with Crippen molar-refractivity contribution in [1.82, 2.24) is 14.8 Å². The summed E-state index contributed by atoms with van der Waals surface area (Å²) >= 11 is 6.08. The molecule has 0 spiro atoms.